The van der Waals surface area contributed by atoms with Crippen LogP contribution in [0.5, 0.6) is 0 Å². The van der Waals surface area contributed by atoms with Crippen LogP contribution in [-0.2, 0) is 0 Å². The molecule has 2 nitrogen and oxygen atoms in total. The molecule has 0 spiro atoms. The Bertz CT molecular complexity index is 660. The summed E-state index contributed by atoms with van der Waals surface area (Å²) in [7, 11) is 0. The summed E-state index contributed by atoms with van der Waals surface area (Å²) < 4.78 is 2.08. The minimum Gasteiger partial charge on any atom is -0.0737 e. The number of para-hydroxylation sites is 1. The Morgan fingerprint density at radius 1 is 1.05 bits per heavy atom. The van der Waals surface area contributed by atoms with Gasteiger partial charge in [-0.2, -0.15) is 0 Å². The van der Waals surface area contributed by atoms with Gasteiger partial charge < -0.3 is 0 Å². The van der Waals surface area contributed by atoms with Gasteiger partial charge in [0.25, 0.3) is 0 Å². The number of aryl methyl sites for hydroxylation is 2. The summed E-state index contributed by atoms with van der Waals surface area (Å²) in [6.07, 6.45) is 0. The molecule has 0 amide bonds. The smallest absolute Gasteiger partial charge is 0.0737 e. The maximum Gasteiger partial charge on any atom is 0.232 e. The van der Waals surface area contributed by atoms with Crippen molar-refractivity contribution in [2.75, 3.05) is 5.88 Å². The van der Waals surface area contributed by atoms with Gasteiger partial charge in [-0.15, -0.1) is 0 Å². The molecule has 3 rings (SSSR count). The fourth-order valence-electron chi connectivity index (χ4n) is 2.35. The standard InChI is InChI=1S/C16H17N2S/c1-11-9-12(2)16-15(13(11)3)17-18(10-19-16)14-7-5-4-6-8-14/h4-9H,10H2,1-3H3/q+1. The van der Waals surface area contributed by atoms with Crippen LogP contribution < -0.4 is 0 Å². The van der Waals surface area contributed by atoms with Crippen molar-refractivity contribution in [2.45, 2.75) is 25.7 Å². The van der Waals surface area contributed by atoms with Gasteiger partial charge in [-0.05, 0) is 37.5 Å². The molecule has 0 unspecified atom stereocenters. The Balaban J connectivity index is 2.15. The fourth-order valence-corrected chi connectivity index (χ4v) is 3.43. The zero-order chi connectivity index (χ0) is 13.4. The first-order chi connectivity index (χ1) is 9.16. The summed E-state index contributed by atoms with van der Waals surface area (Å²) in [5.74, 6) is 0.875. The van der Waals surface area contributed by atoms with Crippen LogP contribution in [0.2, 0.25) is 0 Å². The predicted octanol–water partition coefficient (Wildman–Crippen LogP) is 5.10. The Kier molecular flexibility index (Phi) is 3.15. The van der Waals surface area contributed by atoms with E-state index in [9.17, 15) is 0 Å². The van der Waals surface area contributed by atoms with E-state index in [-0.39, 0.29) is 0 Å². The van der Waals surface area contributed by atoms with Crippen molar-refractivity contribution in [3.8, 4) is 0 Å². The Morgan fingerprint density at radius 2 is 1.79 bits per heavy atom. The summed E-state index contributed by atoms with van der Waals surface area (Å²) in [5, 5.41) is 4.85. The molecule has 1 aliphatic heterocycles. The van der Waals surface area contributed by atoms with E-state index in [1.54, 1.807) is 0 Å². The first-order valence-electron chi connectivity index (χ1n) is 6.44. The summed E-state index contributed by atoms with van der Waals surface area (Å²) in [6.45, 7) is 6.49. The first kappa shape index (κ1) is 12.4. The van der Waals surface area contributed by atoms with Crippen LogP contribution in [0.3, 0.4) is 0 Å². The topological polar surface area (TPSA) is 15.4 Å². The van der Waals surface area contributed by atoms with Gasteiger partial charge in [0.05, 0.1) is 0 Å². The summed E-state index contributed by atoms with van der Waals surface area (Å²) in [6, 6.07) is 12.6. The van der Waals surface area contributed by atoms with Crippen LogP contribution in [0.25, 0.3) is 0 Å². The van der Waals surface area contributed by atoms with Gasteiger partial charge in [-0.1, -0.05) is 40.7 Å². The van der Waals surface area contributed by atoms with Crippen molar-refractivity contribution in [3.63, 3.8) is 0 Å². The number of rotatable bonds is 1. The summed E-state index contributed by atoms with van der Waals surface area (Å²) >= 11 is 1.87. The van der Waals surface area contributed by atoms with Gasteiger partial charge in [0.1, 0.15) is 5.69 Å². The zero-order valence-electron chi connectivity index (χ0n) is 11.5. The molecule has 0 saturated heterocycles. The van der Waals surface area contributed by atoms with E-state index in [1.165, 1.54) is 21.6 Å². The number of hydrogen-bond acceptors (Lipinski definition) is 2. The zero-order valence-corrected chi connectivity index (χ0v) is 12.3. The number of hydrogen-bond donors (Lipinski definition) is 0. The van der Waals surface area contributed by atoms with E-state index in [1.807, 2.05) is 17.8 Å². The maximum absolute atomic E-state index is 4.85. The second-order valence-corrected chi connectivity index (χ2v) is 5.88. The predicted molar refractivity (Wildman–Crippen MR) is 79.8 cm³/mol. The summed E-state index contributed by atoms with van der Waals surface area (Å²) in [4.78, 5) is 1.33. The van der Waals surface area contributed by atoms with Crippen molar-refractivity contribution in [1.29, 1.82) is 0 Å². The first-order valence-corrected chi connectivity index (χ1v) is 7.43. The number of azo groups is 2. The van der Waals surface area contributed by atoms with Crippen molar-refractivity contribution >= 4 is 23.1 Å². The third kappa shape index (κ3) is 2.19. The van der Waals surface area contributed by atoms with Crippen molar-refractivity contribution < 1.29 is 4.70 Å². The van der Waals surface area contributed by atoms with Gasteiger partial charge in [0, 0.05) is 22.1 Å². The molecule has 96 valence electrons. The maximum atomic E-state index is 4.85. The minimum atomic E-state index is 0.875. The fraction of sp³-hybridized carbons (Fsp3) is 0.250. The molecule has 0 bridgehead atoms. The molecular formula is C16H17N2S+. The van der Waals surface area contributed by atoms with Crippen molar-refractivity contribution in [1.82, 2.24) is 0 Å². The van der Waals surface area contributed by atoms with Crippen LogP contribution in [-0.4, -0.2) is 10.6 Å². The highest BCUT2D eigenvalue weighted by molar-refractivity contribution is 7.99. The molecule has 0 N–H and O–H groups in total. The summed E-state index contributed by atoms with van der Waals surface area (Å²) in [5.41, 5.74) is 6.22. The highest BCUT2D eigenvalue weighted by Gasteiger charge is 2.24. The molecule has 1 aliphatic rings. The van der Waals surface area contributed by atoms with E-state index >= 15 is 0 Å². The molecule has 0 radical (unpaired) electrons. The second-order valence-electron chi connectivity index (χ2n) is 4.92. The van der Waals surface area contributed by atoms with E-state index in [0.717, 1.165) is 17.3 Å². The van der Waals surface area contributed by atoms with E-state index < -0.39 is 0 Å². The van der Waals surface area contributed by atoms with E-state index in [2.05, 4.69) is 55.8 Å². The highest BCUT2D eigenvalue weighted by Crippen LogP contribution is 2.41. The monoisotopic (exact) mass is 269 g/mol. The Morgan fingerprint density at radius 3 is 2.53 bits per heavy atom. The normalized spacial score (nSPS) is 13.9. The van der Waals surface area contributed by atoms with Crippen LogP contribution in [0, 0.1) is 20.8 Å². The number of nitrogens with zero attached hydrogens (tertiary/aromatic N) is 2. The number of thioether (sulfide) groups is 1. The lowest BCUT2D eigenvalue weighted by Crippen LogP contribution is -2.07. The average Bonchev–Trinajstić information content (AvgIpc) is 2.45. The Hall–Kier alpha value is -1.61. The van der Waals surface area contributed by atoms with Gasteiger partial charge in [-0.25, -0.2) is 0 Å². The van der Waals surface area contributed by atoms with Gasteiger partial charge in [0.2, 0.25) is 11.6 Å². The molecule has 0 aliphatic carbocycles. The quantitative estimate of drug-likeness (QED) is 0.657. The molecule has 0 fully saturated rings. The molecule has 2 aromatic rings. The van der Waals surface area contributed by atoms with Gasteiger partial charge in [0.15, 0.2) is 0 Å². The second kappa shape index (κ2) is 4.82. The van der Waals surface area contributed by atoms with E-state index in [4.69, 9.17) is 5.11 Å². The molecule has 19 heavy (non-hydrogen) atoms. The van der Waals surface area contributed by atoms with Crippen molar-refractivity contribution in [3.05, 3.63) is 53.1 Å². The molecular weight excluding hydrogens is 252 g/mol. The lowest BCUT2D eigenvalue weighted by molar-refractivity contribution is -0.488. The third-order valence-corrected chi connectivity index (χ3v) is 4.74. The number of fused-ring (bicyclic) bond motifs is 1. The van der Waals surface area contributed by atoms with Crippen LogP contribution in [0.4, 0.5) is 11.4 Å². The van der Waals surface area contributed by atoms with Crippen LogP contribution >= 0.6 is 11.8 Å². The molecule has 3 heteroatoms. The third-order valence-electron chi connectivity index (χ3n) is 3.56. The van der Waals surface area contributed by atoms with Crippen LogP contribution in [0.1, 0.15) is 16.7 Å². The lowest BCUT2D eigenvalue weighted by Gasteiger charge is -2.15. The SMILES string of the molecule is Cc1cc(C)c2c(c1C)N=[N+](c1ccccc1)CS2. The van der Waals surface area contributed by atoms with Gasteiger partial charge in [-0.3, -0.25) is 0 Å². The van der Waals surface area contributed by atoms with Crippen molar-refractivity contribution in [2.24, 2.45) is 5.11 Å². The number of benzene rings is 2. The Labute approximate surface area is 118 Å². The average molecular weight is 269 g/mol. The highest BCUT2D eigenvalue weighted by atomic mass is 32.2. The lowest BCUT2D eigenvalue weighted by atomic mass is 10.0. The molecule has 0 aromatic heterocycles. The minimum absolute atomic E-state index is 0.875. The van der Waals surface area contributed by atoms with Crippen LogP contribution in [0.15, 0.2) is 46.4 Å². The molecule has 2 aromatic carbocycles. The molecule has 0 atom stereocenters. The molecule has 0 saturated carbocycles. The largest absolute Gasteiger partial charge is 0.232 e. The van der Waals surface area contributed by atoms with E-state index in [0.29, 0.717) is 0 Å². The molecule has 1 heterocycles. The van der Waals surface area contributed by atoms with Gasteiger partial charge >= 0.3 is 0 Å².